The van der Waals surface area contributed by atoms with Crippen LogP contribution in [0.1, 0.15) is 5.56 Å². The Balaban J connectivity index is 1.79. The molecule has 3 N–H and O–H groups in total. The van der Waals surface area contributed by atoms with Crippen molar-refractivity contribution >= 4 is 50.7 Å². The Bertz CT molecular complexity index is 990. The number of anilines is 5. The molecule has 0 saturated carbocycles. The van der Waals surface area contributed by atoms with Crippen molar-refractivity contribution in [3.05, 3.63) is 77.4 Å². The van der Waals surface area contributed by atoms with Gasteiger partial charge in [-0.25, -0.2) is 4.98 Å². The Morgan fingerprint density at radius 1 is 1.07 bits per heavy atom. The average molecular weight is 424 g/mol. The summed E-state index contributed by atoms with van der Waals surface area (Å²) >= 11 is 3.46. The van der Waals surface area contributed by atoms with E-state index in [1.807, 2.05) is 43.3 Å². The molecule has 27 heavy (non-hydrogen) atoms. The van der Waals surface area contributed by atoms with Crippen molar-refractivity contribution in [2.24, 2.45) is 0 Å². The summed E-state index contributed by atoms with van der Waals surface area (Å²) in [4.78, 5) is 20.3. The minimum absolute atomic E-state index is 0.265. The van der Waals surface area contributed by atoms with E-state index >= 15 is 0 Å². The zero-order valence-electron chi connectivity index (χ0n) is 14.7. The van der Waals surface area contributed by atoms with Crippen molar-refractivity contribution in [3.63, 3.8) is 0 Å². The van der Waals surface area contributed by atoms with Crippen molar-refractivity contribution < 1.29 is 4.79 Å². The monoisotopic (exact) mass is 423 g/mol. The molecular weight excluding hydrogens is 406 g/mol. The van der Waals surface area contributed by atoms with Crippen LogP contribution in [0.15, 0.2) is 71.9 Å². The van der Waals surface area contributed by atoms with Gasteiger partial charge in [0.05, 0.1) is 0 Å². The van der Waals surface area contributed by atoms with E-state index in [0.717, 1.165) is 21.4 Å². The van der Waals surface area contributed by atoms with E-state index in [9.17, 15) is 4.79 Å². The van der Waals surface area contributed by atoms with Crippen molar-refractivity contribution in [3.8, 4) is 0 Å². The van der Waals surface area contributed by atoms with E-state index in [1.54, 1.807) is 18.3 Å². The van der Waals surface area contributed by atoms with E-state index in [0.29, 0.717) is 17.5 Å². The Morgan fingerprint density at radius 2 is 1.78 bits per heavy atom. The molecule has 0 saturated heterocycles. The standard InChI is InChI=1S/C20H18BrN5O/c1-3-18(27)23-16-8-5-9-17(11-16)25-20-22-12-13(2)19(26-20)24-15-7-4-6-14(21)10-15/h3-12H,1H2,2H3,(H,23,27)(H2,22,24,25,26). The van der Waals surface area contributed by atoms with E-state index in [4.69, 9.17) is 0 Å². The second-order valence-corrected chi connectivity index (χ2v) is 6.68. The van der Waals surface area contributed by atoms with Gasteiger partial charge in [-0.2, -0.15) is 4.98 Å². The minimum atomic E-state index is -0.265. The molecule has 6 nitrogen and oxygen atoms in total. The highest BCUT2D eigenvalue weighted by molar-refractivity contribution is 9.10. The summed E-state index contributed by atoms with van der Waals surface area (Å²) < 4.78 is 0.982. The van der Waals surface area contributed by atoms with E-state index in [-0.39, 0.29) is 5.91 Å². The van der Waals surface area contributed by atoms with Gasteiger partial charge in [0.25, 0.3) is 0 Å². The Labute approximate surface area is 165 Å². The normalized spacial score (nSPS) is 10.1. The Kier molecular flexibility index (Phi) is 5.83. The summed E-state index contributed by atoms with van der Waals surface area (Å²) in [5, 5.41) is 9.17. The van der Waals surface area contributed by atoms with Gasteiger partial charge in [0.15, 0.2) is 0 Å². The van der Waals surface area contributed by atoms with Gasteiger partial charge in [0, 0.05) is 33.3 Å². The third-order valence-corrected chi connectivity index (χ3v) is 4.12. The van der Waals surface area contributed by atoms with Crippen LogP contribution in [0.25, 0.3) is 0 Å². The van der Waals surface area contributed by atoms with Gasteiger partial charge in [-0.3, -0.25) is 4.79 Å². The molecule has 0 aliphatic heterocycles. The largest absolute Gasteiger partial charge is 0.340 e. The topological polar surface area (TPSA) is 78.9 Å². The first-order valence-corrected chi connectivity index (χ1v) is 8.99. The van der Waals surface area contributed by atoms with E-state index in [1.165, 1.54) is 6.08 Å². The number of amides is 1. The SMILES string of the molecule is C=CC(=O)Nc1cccc(Nc2ncc(C)c(Nc3cccc(Br)c3)n2)c1. The highest BCUT2D eigenvalue weighted by Gasteiger charge is 2.06. The summed E-state index contributed by atoms with van der Waals surface area (Å²) in [7, 11) is 0. The molecule has 1 heterocycles. The van der Waals surface area contributed by atoms with Crippen LogP contribution in [-0.2, 0) is 4.79 Å². The van der Waals surface area contributed by atoms with Crippen LogP contribution in [0.2, 0.25) is 0 Å². The zero-order chi connectivity index (χ0) is 19.2. The highest BCUT2D eigenvalue weighted by atomic mass is 79.9. The molecule has 1 aromatic heterocycles. The molecule has 0 unspecified atom stereocenters. The molecule has 0 atom stereocenters. The number of hydrogen-bond acceptors (Lipinski definition) is 5. The van der Waals surface area contributed by atoms with Gasteiger partial charge in [-0.05, 0) is 49.4 Å². The predicted molar refractivity (Wildman–Crippen MR) is 113 cm³/mol. The van der Waals surface area contributed by atoms with Crippen molar-refractivity contribution in [1.82, 2.24) is 9.97 Å². The number of rotatable bonds is 6. The van der Waals surface area contributed by atoms with Crippen LogP contribution in [0, 0.1) is 6.92 Å². The molecule has 3 rings (SSSR count). The molecule has 1 amide bonds. The molecule has 0 bridgehead atoms. The lowest BCUT2D eigenvalue weighted by atomic mass is 10.2. The Hall–Kier alpha value is -3.19. The molecule has 7 heteroatoms. The maximum absolute atomic E-state index is 11.4. The zero-order valence-corrected chi connectivity index (χ0v) is 16.2. The number of aromatic nitrogens is 2. The summed E-state index contributed by atoms with van der Waals surface area (Å²) in [5.74, 6) is 0.895. The number of halogens is 1. The van der Waals surface area contributed by atoms with Crippen LogP contribution in [0.4, 0.5) is 28.8 Å². The number of nitrogens with one attached hydrogen (secondary N) is 3. The highest BCUT2D eigenvalue weighted by Crippen LogP contribution is 2.23. The average Bonchev–Trinajstić information content (AvgIpc) is 2.65. The quantitative estimate of drug-likeness (QED) is 0.477. The van der Waals surface area contributed by atoms with E-state index in [2.05, 4.69) is 48.4 Å². The predicted octanol–water partition coefficient (Wildman–Crippen LogP) is 5.16. The van der Waals surface area contributed by atoms with Gasteiger partial charge in [-0.15, -0.1) is 0 Å². The fourth-order valence-electron chi connectivity index (χ4n) is 2.33. The number of carbonyl (C=O) groups excluding carboxylic acids is 1. The molecule has 0 aliphatic carbocycles. The summed E-state index contributed by atoms with van der Waals surface area (Å²) in [5.41, 5.74) is 3.26. The van der Waals surface area contributed by atoms with Gasteiger partial charge >= 0.3 is 0 Å². The van der Waals surface area contributed by atoms with Crippen LogP contribution in [0.5, 0.6) is 0 Å². The summed E-state index contributed by atoms with van der Waals surface area (Å²) in [6.07, 6.45) is 2.97. The first-order valence-electron chi connectivity index (χ1n) is 8.20. The first-order chi connectivity index (χ1) is 13.0. The van der Waals surface area contributed by atoms with Crippen LogP contribution in [0.3, 0.4) is 0 Å². The number of nitrogens with zero attached hydrogens (tertiary/aromatic N) is 2. The molecule has 3 aromatic rings. The lowest BCUT2D eigenvalue weighted by Crippen LogP contribution is -2.07. The molecule has 0 spiro atoms. The van der Waals surface area contributed by atoms with Crippen LogP contribution < -0.4 is 16.0 Å². The fourth-order valence-corrected chi connectivity index (χ4v) is 2.73. The van der Waals surface area contributed by atoms with E-state index < -0.39 is 0 Å². The second-order valence-electron chi connectivity index (χ2n) is 5.76. The van der Waals surface area contributed by atoms with Gasteiger partial charge < -0.3 is 16.0 Å². The maximum atomic E-state index is 11.4. The molecule has 0 radical (unpaired) electrons. The molecule has 136 valence electrons. The smallest absolute Gasteiger partial charge is 0.247 e. The van der Waals surface area contributed by atoms with Crippen molar-refractivity contribution in [2.45, 2.75) is 6.92 Å². The number of hydrogen-bond donors (Lipinski definition) is 3. The molecular formula is C20H18BrN5O. The number of benzene rings is 2. The minimum Gasteiger partial charge on any atom is -0.340 e. The third-order valence-electron chi connectivity index (χ3n) is 3.63. The Morgan fingerprint density at radius 3 is 2.52 bits per heavy atom. The molecule has 0 aliphatic rings. The molecule has 2 aromatic carbocycles. The van der Waals surface area contributed by atoms with Crippen molar-refractivity contribution in [1.29, 1.82) is 0 Å². The number of carbonyl (C=O) groups is 1. The summed E-state index contributed by atoms with van der Waals surface area (Å²) in [6.45, 7) is 5.39. The lowest BCUT2D eigenvalue weighted by molar-refractivity contribution is -0.111. The first kappa shape index (κ1) is 18.6. The maximum Gasteiger partial charge on any atom is 0.247 e. The van der Waals surface area contributed by atoms with Gasteiger partial charge in [-0.1, -0.05) is 34.6 Å². The van der Waals surface area contributed by atoms with Crippen LogP contribution >= 0.6 is 15.9 Å². The lowest BCUT2D eigenvalue weighted by Gasteiger charge is -2.12. The molecule has 0 fully saturated rings. The van der Waals surface area contributed by atoms with Crippen LogP contribution in [-0.4, -0.2) is 15.9 Å². The van der Waals surface area contributed by atoms with Crippen molar-refractivity contribution in [2.75, 3.05) is 16.0 Å². The fraction of sp³-hybridized carbons (Fsp3) is 0.0500. The number of aryl methyl sites for hydroxylation is 1. The summed E-state index contributed by atoms with van der Waals surface area (Å²) in [6, 6.07) is 15.1. The second kappa shape index (κ2) is 8.46. The van der Waals surface area contributed by atoms with Gasteiger partial charge in [0.1, 0.15) is 5.82 Å². The third kappa shape index (κ3) is 5.15. The van der Waals surface area contributed by atoms with Gasteiger partial charge in [0.2, 0.25) is 11.9 Å².